The minimum atomic E-state index is -0.381. The first kappa shape index (κ1) is 17.4. The zero-order valence-electron chi connectivity index (χ0n) is 15.8. The molecule has 0 saturated carbocycles. The SMILES string of the molecule is Cc1cc(COC(=O)c2c3c(nc4ccccc24)/C(=C/c2ccco2)CC3)on1. The smallest absolute Gasteiger partial charge is 0.339 e. The number of esters is 1. The number of carbonyl (C=O) groups is 1. The molecule has 1 aromatic carbocycles. The quantitative estimate of drug-likeness (QED) is 0.461. The number of hydrogen-bond donors (Lipinski definition) is 0. The highest BCUT2D eigenvalue weighted by Gasteiger charge is 2.28. The van der Waals surface area contributed by atoms with Crippen LogP contribution in [0.4, 0.5) is 0 Å². The number of para-hydroxylation sites is 1. The Morgan fingerprint density at radius 3 is 2.90 bits per heavy atom. The molecule has 1 aliphatic rings. The lowest BCUT2D eigenvalue weighted by molar-refractivity contribution is 0.0438. The van der Waals surface area contributed by atoms with Crippen LogP contribution in [0.1, 0.15) is 45.3 Å². The molecular weight excluding hydrogens is 368 g/mol. The van der Waals surface area contributed by atoms with Gasteiger partial charge in [-0.1, -0.05) is 23.4 Å². The number of furan rings is 1. The van der Waals surface area contributed by atoms with Crippen LogP contribution in [0.25, 0.3) is 22.6 Å². The maximum Gasteiger partial charge on any atom is 0.339 e. The van der Waals surface area contributed by atoms with Crippen molar-refractivity contribution < 1.29 is 18.5 Å². The number of hydrogen-bond acceptors (Lipinski definition) is 6. The van der Waals surface area contributed by atoms with E-state index in [1.54, 1.807) is 12.3 Å². The third kappa shape index (κ3) is 3.23. The molecule has 3 aromatic heterocycles. The van der Waals surface area contributed by atoms with Gasteiger partial charge in [0.15, 0.2) is 12.4 Å². The van der Waals surface area contributed by atoms with E-state index in [-0.39, 0.29) is 12.6 Å². The molecule has 0 spiro atoms. The molecule has 0 unspecified atom stereocenters. The van der Waals surface area contributed by atoms with Gasteiger partial charge in [0.1, 0.15) is 5.76 Å². The summed E-state index contributed by atoms with van der Waals surface area (Å²) in [4.78, 5) is 17.9. The monoisotopic (exact) mass is 386 g/mol. The maximum atomic E-state index is 13.1. The Morgan fingerprint density at radius 1 is 1.21 bits per heavy atom. The molecule has 6 nitrogen and oxygen atoms in total. The van der Waals surface area contributed by atoms with E-state index in [1.807, 2.05) is 49.4 Å². The van der Waals surface area contributed by atoms with Gasteiger partial charge in [0.05, 0.1) is 28.7 Å². The molecule has 0 radical (unpaired) electrons. The summed E-state index contributed by atoms with van der Waals surface area (Å²) in [6.07, 6.45) is 5.15. The van der Waals surface area contributed by atoms with E-state index in [4.69, 9.17) is 18.7 Å². The Kier molecular flexibility index (Phi) is 4.24. The summed E-state index contributed by atoms with van der Waals surface area (Å²) in [6, 6.07) is 13.2. The minimum absolute atomic E-state index is 0.0419. The number of aryl methyl sites for hydroxylation is 1. The van der Waals surface area contributed by atoms with Crippen molar-refractivity contribution >= 4 is 28.5 Å². The highest BCUT2D eigenvalue weighted by Crippen LogP contribution is 2.37. The van der Waals surface area contributed by atoms with E-state index in [9.17, 15) is 4.79 Å². The van der Waals surface area contributed by atoms with Crippen molar-refractivity contribution in [3.05, 3.63) is 82.8 Å². The molecule has 144 valence electrons. The lowest BCUT2D eigenvalue weighted by Crippen LogP contribution is -2.10. The Bertz CT molecular complexity index is 1240. The second-order valence-corrected chi connectivity index (χ2v) is 7.03. The lowest BCUT2D eigenvalue weighted by atomic mass is 10.0. The van der Waals surface area contributed by atoms with Gasteiger partial charge in [-0.05, 0) is 55.2 Å². The van der Waals surface area contributed by atoms with Crippen molar-refractivity contribution in [3.63, 3.8) is 0 Å². The number of ether oxygens (including phenoxy) is 1. The predicted molar refractivity (Wildman–Crippen MR) is 107 cm³/mol. The molecule has 0 amide bonds. The normalized spacial score (nSPS) is 14.4. The van der Waals surface area contributed by atoms with Crippen molar-refractivity contribution in [1.82, 2.24) is 10.1 Å². The van der Waals surface area contributed by atoms with Crippen molar-refractivity contribution in [2.24, 2.45) is 0 Å². The van der Waals surface area contributed by atoms with E-state index in [2.05, 4.69) is 5.16 Å². The van der Waals surface area contributed by atoms with Crippen LogP contribution in [0.2, 0.25) is 0 Å². The summed E-state index contributed by atoms with van der Waals surface area (Å²) in [5.74, 6) is 0.907. The lowest BCUT2D eigenvalue weighted by Gasteiger charge is -2.11. The Labute approximate surface area is 166 Å². The van der Waals surface area contributed by atoms with Gasteiger partial charge in [0.25, 0.3) is 0 Å². The summed E-state index contributed by atoms with van der Waals surface area (Å²) >= 11 is 0. The average molecular weight is 386 g/mol. The summed E-state index contributed by atoms with van der Waals surface area (Å²) in [5, 5.41) is 4.62. The predicted octanol–water partition coefficient (Wildman–Crippen LogP) is 4.97. The van der Waals surface area contributed by atoms with Crippen LogP contribution in [-0.4, -0.2) is 16.1 Å². The van der Waals surface area contributed by atoms with Crippen molar-refractivity contribution in [1.29, 1.82) is 0 Å². The first-order valence-corrected chi connectivity index (χ1v) is 9.44. The van der Waals surface area contributed by atoms with Gasteiger partial charge in [0, 0.05) is 11.5 Å². The second-order valence-electron chi connectivity index (χ2n) is 7.03. The van der Waals surface area contributed by atoms with E-state index in [0.717, 1.165) is 52.0 Å². The Morgan fingerprint density at radius 2 is 2.10 bits per heavy atom. The third-order valence-electron chi connectivity index (χ3n) is 5.03. The minimum Gasteiger partial charge on any atom is -0.465 e. The molecule has 4 aromatic rings. The fourth-order valence-electron chi connectivity index (χ4n) is 3.75. The number of benzene rings is 1. The van der Waals surface area contributed by atoms with Crippen LogP contribution in [-0.2, 0) is 17.8 Å². The summed E-state index contributed by atoms with van der Waals surface area (Å²) in [7, 11) is 0. The van der Waals surface area contributed by atoms with Crippen molar-refractivity contribution in [2.45, 2.75) is 26.4 Å². The largest absolute Gasteiger partial charge is 0.465 e. The van der Waals surface area contributed by atoms with E-state index >= 15 is 0 Å². The number of rotatable bonds is 4. The van der Waals surface area contributed by atoms with Crippen LogP contribution >= 0.6 is 0 Å². The zero-order chi connectivity index (χ0) is 19.8. The maximum absolute atomic E-state index is 13.1. The van der Waals surface area contributed by atoms with Gasteiger partial charge >= 0.3 is 5.97 Å². The number of carbonyl (C=O) groups excluding carboxylic acids is 1. The molecule has 3 heterocycles. The highest BCUT2D eigenvalue weighted by molar-refractivity contribution is 6.07. The van der Waals surface area contributed by atoms with Gasteiger partial charge in [-0.2, -0.15) is 0 Å². The molecule has 0 bridgehead atoms. The Hall–Kier alpha value is -3.67. The number of aromatic nitrogens is 2. The second kappa shape index (κ2) is 7.05. The standard InChI is InChI=1S/C23H18N2O4/c1-14-11-17(29-25-14)13-28-23(26)21-18-6-2-3-7-20(18)24-22-15(8-9-19(21)22)12-16-5-4-10-27-16/h2-7,10-12H,8-9,13H2,1H3/b15-12+. The summed E-state index contributed by atoms with van der Waals surface area (Å²) in [5.41, 5.74) is 4.90. The van der Waals surface area contributed by atoms with E-state index in [0.29, 0.717) is 11.3 Å². The third-order valence-corrected chi connectivity index (χ3v) is 5.03. The topological polar surface area (TPSA) is 78.4 Å². The van der Waals surface area contributed by atoms with Crippen molar-refractivity contribution in [3.8, 4) is 0 Å². The first-order chi connectivity index (χ1) is 14.2. The number of allylic oxidation sites excluding steroid dienone is 1. The molecule has 6 heteroatoms. The summed E-state index contributed by atoms with van der Waals surface area (Å²) < 4.78 is 16.2. The molecule has 29 heavy (non-hydrogen) atoms. The molecule has 0 N–H and O–H groups in total. The van der Waals surface area contributed by atoms with Crippen LogP contribution in [0.3, 0.4) is 0 Å². The molecule has 0 saturated heterocycles. The highest BCUT2D eigenvalue weighted by atomic mass is 16.5. The molecule has 0 atom stereocenters. The zero-order valence-corrected chi connectivity index (χ0v) is 15.8. The van der Waals surface area contributed by atoms with E-state index in [1.165, 1.54) is 0 Å². The number of fused-ring (bicyclic) bond motifs is 2. The van der Waals surface area contributed by atoms with Crippen LogP contribution < -0.4 is 0 Å². The van der Waals surface area contributed by atoms with Gasteiger partial charge in [-0.25, -0.2) is 9.78 Å². The van der Waals surface area contributed by atoms with E-state index < -0.39 is 0 Å². The van der Waals surface area contributed by atoms with Gasteiger partial charge in [0.2, 0.25) is 0 Å². The molecule has 5 rings (SSSR count). The van der Waals surface area contributed by atoms with Crippen LogP contribution in [0.15, 0.2) is 57.7 Å². The molecule has 1 aliphatic carbocycles. The summed E-state index contributed by atoms with van der Waals surface area (Å²) in [6.45, 7) is 1.87. The van der Waals surface area contributed by atoms with Gasteiger partial charge in [-0.3, -0.25) is 0 Å². The Balaban J connectivity index is 1.56. The van der Waals surface area contributed by atoms with Crippen molar-refractivity contribution in [2.75, 3.05) is 0 Å². The van der Waals surface area contributed by atoms with Gasteiger partial charge < -0.3 is 13.7 Å². The fourth-order valence-corrected chi connectivity index (χ4v) is 3.75. The molecule has 0 fully saturated rings. The van der Waals surface area contributed by atoms with Gasteiger partial charge in [-0.15, -0.1) is 0 Å². The fraction of sp³-hybridized carbons (Fsp3) is 0.174. The first-order valence-electron chi connectivity index (χ1n) is 9.44. The number of pyridine rings is 1. The number of nitrogens with zero attached hydrogens (tertiary/aromatic N) is 2. The molecule has 0 aliphatic heterocycles. The van der Waals surface area contributed by atoms with Crippen LogP contribution in [0.5, 0.6) is 0 Å². The average Bonchev–Trinajstić information content (AvgIpc) is 3.47. The molecular formula is C23H18N2O4. The van der Waals surface area contributed by atoms with Crippen LogP contribution in [0, 0.1) is 6.92 Å².